The van der Waals surface area contributed by atoms with Crippen LogP contribution >= 0.6 is 0 Å². The first-order valence-electron chi connectivity index (χ1n) is 7.15. The predicted molar refractivity (Wildman–Crippen MR) is 79.1 cm³/mol. The number of esters is 1. The number of hydrogen-bond donors (Lipinski definition) is 1. The van der Waals surface area contributed by atoms with E-state index in [1.807, 2.05) is 0 Å². The third kappa shape index (κ3) is 4.28. The van der Waals surface area contributed by atoms with Gasteiger partial charge in [0.05, 0.1) is 17.9 Å². The van der Waals surface area contributed by atoms with Gasteiger partial charge in [-0.05, 0) is 43.7 Å². The molecule has 1 aromatic rings. The van der Waals surface area contributed by atoms with Crippen LogP contribution in [0.3, 0.4) is 0 Å². The second kappa shape index (κ2) is 7.04. The Morgan fingerprint density at radius 2 is 1.81 bits per heavy atom. The van der Waals surface area contributed by atoms with Gasteiger partial charge >= 0.3 is 5.97 Å². The summed E-state index contributed by atoms with van der Waals surface area (Å²) in [6.45, 7) is 0.422. The Kier molecular flexibility index (Phi) is 5.36. The highest BCUT2D eigenvalue weighted by Crippen LogP contribution is 2.29. The summed E-state index contributed by atoms with van der Waals surface area (Å²) in [5.41, 5.74) is 0. The smallest absolute Gasteiger partial charge is 0.308 e. The van der Waals surface area contributed by atoms with Gasteiger partial charge in [-0.25, -0.2) is 13.1 Å². The topological polar surface area (TPSA) is 72.5 Å². The molecule has 1 fully saturated rings. The zero-order valence-electron chi connectivity index (χ0n) is 12.1. The molecule has 0 atom stereocenters. The molecule has 21 heavy (non-hydrogen) atoms. The van der Waals surface area contributed by atoms with E-state index in [2.05, 4.69) is 4.72 Å². The second-order valence-corrected chi connectivity index (χ2v) is 7.17. The Morgan fingerprint density at radius 3 is 2.38 bits per heavy atom. The van der Waals surface area contributed by atoms with E-state index in [0.29, 0.717) is 6.54 Å². The maximum absolute atomic E-state index is 12.1. The number of rotatable bonds is 5. The highest BCUT2D eigenvalue weighted by atomic mass is 32.2. The van der Waals surface area contributed by atoms with Crippen molar-refractivity contribution in [1.82, 2.24) is 4.72 Å². The van der Waals surface area contributed by atoms with Crippen LogP contribution in [0.5, 0.6) is 0 Å². The number of carbonyl (C=O) groups is 1. The fraction of sp³-hybridized carbons (Fsp3) is 0.533. The van der Waals surface area contributed by atoms with Crippen LogP contribution in [-0.2, 0) is 19.6 Å². The molecule has 0 saturated heterocycles. The molecule has 0 heterocycles. The van der Waals surface area contributed by atoms with Gasteiger partial charge in [0, 0.05) is 6.54 Å². The average Bonchev–Trinajstić information content (AvgIpc) is 2.53. The maximum Gasteiger partial charge on any atom is 0.308 e. The Hall–Kier alpha value is -1.40. The number of hydrogen-bond acceptors (Lipinski definition) is 4. The molecule has 1 aliphatic carbocycles. The summed E-state index contributed by atoms with van der Waals surface area (Å²) in [5.74, 6) is 0.0969. The normalized spacial score (nSPS) is 22.7. The van der Waals surface area contributed by atoms with Gasteiger partial charge in [0.25, 0.3) is 0 Å². The van der Waals surface area contributed by atoms with E-state index in [-0.39, 0.29) is 22.7 Å². The molecule has 1 aliphatic rings. The van der Waals surface area contributed by atoms with Gasteiger partial charge in [-0.1, -0.05) is 18.2 Å². The largest absolute Gasteiger partial charge is 0.469 e. The van der Waals surface area contributed by atoms with Gasteiger partial charge in [-0.3, -0.25) is 4.79 Å². The van der Waals surface area contributed by atoms with Gasteiger partial charge in [0.15, 0.2) is 0 Å². The first-order chi connectivity index (χ1) is 10.0. The molecule has 0 unspecified atom stereocenters. The van der Waals surface area contributed by atoms with Crippen molar-refractivity contribution in [2.24, 2.45) is 11.8 Å². The standard InChI is InChI=1S/C15H21NO4S/c1-20-15(17)13-9-7-12(8-10-13)11-16-21(18,19)14-5-3-2-4-6-14/h2-6,12-13,16H,7-11H2,1H3/t12-,13-. The number of ether oxygens (including phenoxy) is 1. The predicted octanol–water partition coefficient (Wildman–Crippen LogP) is 1.94. The quantitative estimate of drug-likeness (QED) is 0.844. The van der Waals surface area contributed by atoms with Crippen molar-refractivity contribution in [1.29, 1.82) is 0 Å². The minimum Gasteiger partial charge on any atom is -0.469 e. The van der Waals surface area contributed by atoms with Crippen molar-refractivity contribution in [3.63, 3.8) is 0 Å². The van der Waals surface area contributed by atoms with Gasteiger partial charge in [0.1, 0.15) is 0 Å². The number of methoxy groups -OCH3 is 1. The molecule has 1 N–H and O–H groups in total. The Morgan fingerprint density at radius 1 is 1.19 bits per heavy atom. The van der Waals surface area contributed by atoms with E-state index < -0.39 is 10.0 Å². The fourth-order valence-corrected chi connectivity index (χ4v) is 3.82. The monoisotopic (exact) mass is 311 g/mol. The lowest BCUT2D eigenvalue weighted by atomic mass is 9.82. The zero-order chi connectivity index (χ0) is 15.3. The second-order valence-electron chi connectivity index (χ2n) is 5.41. The van der Waals surface area contributed by atoms with Crippen molar-refractivity contribution >= 4 is 16.0 Å². The molecule has 0 bridgehead atoms. The minimum atomic E-state index is -3.44. The zero-order valence-corrected chi connectivity index (χ0v) is 12.9. The number of carbonyl (C=O) groups excluding carboxylic acids is 1. The van der Waals surface area contributed by atoms with Gasteiger partial charge in [-0.15, -0.1) is 0 Å². The summed E-state index contributed by atoms with van der Waals surface area (Å²) in [5, 5.41) is 0. The molecule has 0 aromatic heterocycles. The molecular formula is C15H21NO4S. The van der Waals surface area contributed by atoms with Crippen LogP contribution in [0, 0.1) is 11.8 Å². The van der Waals surface area contributed by atoms with Crippen LogP contribution < -0.4 is 4.72 Å². The molecule has 0 amide bonds. The molecule has 116 valence electrons. The van der Waals surface area contributed by atoms with Gasteiger partial charge < -0.3 is 4.74 Å². The minimum absolute atomic E-state index is 0.0306. The molecular weight excluding hydrogens is 290 g/mol. The molecule has 1 aromatic carbocycles. The lowest BCUT2D eigenvalue weighted by Crippen LogP contribution is -2.32. The van der Waals surface area contributed by atoms with E-state index in [1.165, 1.54) is 7.11 Å². The lowest BCUT2D eigenvalue weighted by molar-refractivity contribution is -0.146. The van der Waals surface area contributed by atoms with E-state index >= 15 is 0 Å². The van der Waals surface area contributed by atoms with Crippen molar-refractivity contribution in [2.45, 2.75) is 30.6 Å². The summed E-state index contributed by atoms with van der Waals surface area (Å²) < 4.78 is 31.6. The molecule has 0 radical (unpaired) electrons. The van der Waals surface area contributed by atoms with Crippen LogP contribution in [0.4, 0.5) is 0 Å². The van der Waals surface area contributed by atoms with E-state index in [9.17, 15) is 13.2 Å². The van der Waals surface area contributed by atoms with E-state index in [4.69, 9.17) is 4.74 Å². The Labute approximate surface area is 125 Å². The number of nitrogens with one attached hydrogen (secondary N) is 1. The van der Waals surface area contributed by atoms with Crippen LogP contribution in [0.15, 0.2) is 35.2 Å². The molecule has 0 spiro atoms. The molecule has 0 aliphatic heterocycles. The first kappa shape index (κ1) is 16.0. The Balaban J connectivity index is 1.84. The third-order valence-corrected chi connectivity index (χ3v) is 5.44. The van der Waals surface area contributed by atoms with Crippen LogP contribution in [0.25, 0.3) is 0 Å². The molecule has 6 heteroatoms. The fourth-order valence-electron chi connectivity index (χ4n) is 2.68. The summed E-state index contributed by atoms with van der Waals surface area (Å²) >= 11 is 0. The highest BCUT2D eigenvalue weighted by Gasteiger charge is 2.27. The summed E-state index contributed by atoms with van der Waals surface area (Å²) in [7, 11) is -2.03. The number of sulfonamides is 1. The van der Waals surface area contributed by atoms with Crippen molar-refractivity contribution in [3.8, 4) is 0 Å². The van der Waals surface area contributed by atoms with E-state index in [1.54, 1.807) is 30.3 Å². The number of benzene rings is 1. The summed E-state index contributed by atoms with van der Waals surface area (Å²) in [4.78, 5) is 11.7. The first-order valence-corrected chi connectivity index (χ1v) is 8.64. The summed E-state index contributed by atoms with van der Waals surface area (Å²) in [6, 6.07) is 8.35. The summed E-state index contributed by atoms with van der Waals surface area (Å²) in [6.07, 6.45) is 3.23. The molecule has 2 rings (SSSR count). The lowest BCUT2D eigenvalue weighted by Gasteiger charge is -2.26. The van der Waals surface area contributed by atoms with Gasteiger partial charge in [-0.2, -0.15) is 0 Å². The van der Waals surface area contributed by atoms with Crippen molar-refractivity contribution in [3.05, 3.63) is 30.3 Å². The molecule has 5 nitrogen and oxygen atoms in total. The SMILES string of the molecule is COC(=O)[C@H]1CC[C@H](CNS(=O)(=O)c2ccccc2)CC1. The molecule has 1 saturated carbocycles. The van der Waals surface area contributed by atoms with Crippen molar-refractivity contribution < 1.29 is 17.9 Å². The van der Waals surface area contributed by atoms with Crippen LogP contribution in [0.1, 0.15) is 25.7 Å². The van der Waals surface area contributed by atoms with Crippen LogP contribution in [0.2, 0.25) is 0 Å². The highest BCUT2D eigenvalue weighted by molar-refractivity contribution is 7.89. The maximum atomic E-state index is 12.1. The van der Waals surface area contributed by atoms with Gasteiger partial charge in [0.2, 0.25) is 10.0 Å². The third-order valence-electron chi connectivity index (χ3n) is 4.00. The average molecular weight is 311 g/mol. The Bertz CT molecular complexity index is 563. The van der Waals surface area contributed by atoms with Crippen LogP contribution in [-0.4, -0.2) is 28.0 Å². The van der Waals surface area contributed by atoms with Crippen molar-refractivity contribution in [2.75, 3.05) is 13.7 Å². The van der Waals surface area contributed by atoms with E-state index in [0.717, 1.165) is 25.7 Å².